The van der Waals surface area contributed by atoms with E-state index in [2.05, 4.69) is 22.8 Å². The quantitative estimate of drug-likeness (QED) is 0.468. The van der Waals surface area contributed by atoms with Crippen LogP contribution in [0.15, 0.2) is 48.5 Å². The summed E-state index contributed by atoms with van der Waals surface area (Å²) in [5.74, 6) is -1.49. The van der Waals surface area contributed by atoms with Crippen molar-refractivity contribution in [3.05, 3.63) is 59.7 Å². The summed E-state index contributed by atoms with van der Waals surface area (Å²) >= 11 is 0. The molecular formula is C26H33N3O5. The summed E-state index contributed by atoms with van der Waals surface area (Å²) < 4.78 is 5.58. The van der Waals surface area contributed by atoms with E-state index in [-0.39, 0.29) is 25.5 Å². The van der Waals surface area contributed by atoms with Gasteiger partial charge in [0, 0.05) is 18.5 Å². The minimum Gasteiger partial charge on any atom is -0.481 e. The fraction of sp³-hybridized carbons (Fsp3) is 0.423. The van der Waals surface area contributed by atoms with Crippen LogP contribution >= 0.6 is 0 Å². The van der Waals surface area contributed by atoms with Gasteiger partial charge in [-0.25, -0.2) is 4.79 Å². The highest BCUT2D eigenvalue weighted by Crippen LogP contribution is 2.44. The molecule has 3 N–H and O–H groups in total. The molecule has 1 aliphatic rings. The number of carbonyl (C=O) groups is 3. The molecule has 0 fully saturated rings. The number of nitrogens with one attached hydrogen (secondary N) is 2. The summed E-state index contributed by atoms with van der Waals surface area (Å²) in [6, 6.07) is 14.8. The lowest BCUT2D eigenvalue weighted by molar-refractivity contribution is -0.137. The molecule has 0 heterocycles. The number of carboxylic acid groups (broad SMARTS) is 1. The van der Waals surface area contributed by atoms with Crippen LogP contribution in [-0.4, -0.2) is 67.3 Å². The van der Waals surface area contributed by atoms with Gasteiger partial charge in [0.1, 0.15) is 12.6 Å². The summed E-state index contributed by atoms with van der Waals surface area (Å²) in [5.41, 5.74) is 4.49. The van der Waals surface area contributed by atoms with Crippen molar-refractivity contribution < 1.29 is 24.2 Å². The molecule has 0 bridgehead atoms. The van der Waals surface area contributed by atoms with Crippen LogP contribution in [0.2, 0.25) is 0 Å². The molecule has 182 valence electrons. The Morgan fingerprint density at radius 1 is 1.00 bits per heavy atom. The van der Waals surface area contributed by atoms with Crippen molar-refractivity contribution in [2.45, 2.75) is 44.2 Å². The molecule has 8 nitrogen and oxygen atoms in total. The molecule has 34 heavy (non-hydrogen) atoms. The fourth-order valence-corrected chi connectivity index (χ4v) is 4.43. The molecule has 0 aliphatic heterocycles. The Morgan fingerprint density at radius 2 is 1.59 bits per heavy atom. The predicted molar refractivity (Wildman–Crippen MR) is 130 cm³/mol. The second-order valence-corrected chi connectivity index (χ2v) is 8.88. The Bertz CT molecular complexity index is 978. The number of hydrogen-bond donors (Lipinski definition) is 3. The normalized spacial score (nSPS) is 14.1. The number of alkyl carbamates (subject to hydrolysis) is 1. The topological polar surface area (TPSA) is 108 Å². The third-order valence-corrected chi connectivity index (χ3v) is 5.90. The Kier molecular flexibility index (Phi) is 8.65. The molecule has 0 aromatic heterocycles. The van der Waals surface area contributed by atoms with E-state index in [1.807, 2.05) is 43.3 Å². The van der Waals surface area contributed by atoms with Crippen molar-refractivity contribution in [3.8, 4) is 11.1 Å². The van der Waals surface area contributed by atoms with Crippen LogP contribution in [0.3, 0.4) is 0 Å². The molecule has 0 saturated carbocycles. The summed E-state index contributed by atoms with van der Waals surface area (Å²) in [7, 11) is 3.58. The van der Waals surface area contributed by atoms with E-state index in [0.29, 0.717) is 6.42 Å². The minimum absolute atomic E-state index is 0.0798. The number of nitrogens with zero attached hydrogens (tertiary/aromatic N) is 1. The maximum Gasteiger partial charge on any atom is 0.407 e. The van der Waals surface area contributed by atoms with Crippen molar-refractivity contribution in [2.24, 2.45) is 0 Å². The molecule has 2 unspecified atom stereocenters. The van der Waals surface area contributed by atoms with Gasteiger partial charge in [0.05, 0.1) is 6.42 Å². The summed E-state index contributed by atoms with van der Waals surface area (Å²) in [6.07, 6.45) is 0.418. The SMILES string of the molecule is CCCC(CC(=O)O)NC(=O)C(CN(C)C)NC(=O)OCC1c2ccccc2-c2ccccc21. The van der Waals surface area contributed by atoms with Crippen LogP contribution in [0.5, 0.6) is 0 Å². The lowest BCUT2D eigenvalue weighted by Gasteiger charge is -2.25. The van der Waals surface area contributed by atoms with Crippen LogP contribution in [0, 0.1) is 0 Å². The highest BCUT2D eigenvalue weighted by atomic mass is 16.5. The number of rotatable bonds is 11. The number of likely N-dealkylation sites (N-methyl/N-ethyl adjacent to an activating group) is 1. The smallest absolute Gasteiger partial charge is 0.407 e. The third-order valence-electron chi connectivity index (χ3n) is 5.90. The number of hydrogen-bond acceptors (Lipinski definition) is 5. The minimum atomic E-state index is -0.979. The Balaban J connectivity index is 1.65. The zero-order chi connectivity index (χ0) is 24.7. The van der Waals surface area contributed by atoms with Crippen molar-refractivity contribution in [1.29, 1.82) is 0 Å². The maximum atomic E-state index is 12.9. The largest absolute Gasteiger partial charge is 0.481 e. The lowest BCUT2D eigenvalue weighted by atomic mass is 9.98. The summed E-state index contributed by atoms with van der Waals surface area (Å²) in [5, 5.41) is 14.5. The molecule has 2 aromatic rings. The molecule has 0 radical (unpaired) electrons. The van der Waals surface area contributed by atoms with Crippen molar-refractivity contribution in [3.63, 3.8) is 0 Å². The molecule has 8 heteroatoms. The second-order valence-electron chi connectivity index (χ2n) is 8.88. The van der Waals surface area contributed by atoms with Crippen LogP contribution in [0.1, 0.15) is 43.2 Å². The van der Waals surface area contributed by atoms with E-state index in [1.54, 1.807) is 19.0 Å². The molecule has 2 amide bonds. The zero-order valence-corrected chi connectivity index (χ0v) is 19.9. The molecular weight excluding hydrogens is 434 g/mol. The number of ether oxygens (including phenoxy) is 1. The van der Waals surface area contributed by atoms with E-state index >= 15 is 0 Å². The first-order valence-electron chi connectivity index (χ1n) is 11.6. The van der Waals surface area contributed by atoms with Crippen LogP contribution in [0.4, 0.5) is 4.79 Å². The van der Waals surface area contributed by atoms with Gasteiger partial charge in [0.15, 0.2) is 0 Å². The molecule has 0 saturated heterocycles. The lowest BCUT2D eigenvalue weighted by Crippen LogP contribution is -2.54. The average molecular weight is 468 g/mol. The fourth-order valence-electron chi connectivity index (χ4n) is 4.43. The zero-order valence-electron chi connectivity index (χ0n) is 19.9. The van der Waals surface area contributed by atoms with Crippen molar-refractivity contribution in [2.75, 3.05) is 27.2 Å². The van der Waals surface area contributed by atoms with E-state index in [1.165, 1.54) is 0 Å². The predicted octanol–water partition coefficient (Wildman–Crippen LogP) is 3.21. The summed E-state index contributed by atoms with van der Waals surface area (Å²) in [6.45, 7) is 2.32. The van der Waals surface area contributed by atoms with Gasteiger partial charge in [-0.3, -0.25) is 9.59 Å². The molecule has 2 atom stereocenters. The maximum absolute atomic E-state index is 12.9. The first-order valence-corrected chi connectivity index (χ1v) is 11.6. The monoisotopic (exact) mass is 467 g/mol. The van der Waals surface area contributed by atoms with Gasteiger partial charge >= 0.3 is 12.1 Å². The van der Waals surface area contributed by atoms with Gasteiger partial charge in [0.2, 0.25) is 5.91 Å². The van der Waals surface area contributed by atoms with Gasteiger partial charge in [-0.05, 0) is 42.8 Å². The molecule has 3 rings (SSSR count). The molecule has 2 aromatic carbocycles. The Hall–Kier alpha value is -3.39. The van der Waals surface area contributed by atoms with Gasteiger partial charge in [-0.15, -0.1) is 0 Å². The third kappa shape index (κ3) is 6.35. The van der Waals surface area contributed by atoms with E-state index in [4.69, 9.17) is 9.84 Å². The van der Waals surface area contributed by atoms with Crippen molar-refractivity contribution in [1.82, 2.24) is 15.5 Å². The van der Waals surface area contributed by atoms with Crippen LogP contribution in [-0.2, 0) is 14.3 Å². The molecule has 0 spiro atoms. The highest BCUT2D eigenvalue weighted by Gasteiger charge is 2.30. The number of carbonyl (C=O) groups excluding carboxylic acids is 2. The summed E-state index contributed by atoms with van der Waals surface area (Å²) in [4.78, 5) is 38.5. The first-order chi connectivity index (χ1) is 16.3. The second kappa shape index (κ2) is 11.7. The number of benzene rings is 2. The Morgan fingerprint density at radius 3 is 2.12 bits per heavy atom. The molecule has 1 aliphatic carbocycles. The Labute approximate surface area is 200 Å². The van der Waals surface area contributed by atoms with Crippen LogP contribution in [0.25, 0.3) is 11.1 Å². The number of aliphatic carboxylic acids is 1. The first kappa shape index (κ1) is 25.2. The van der Waals surface area contributed by atoms with Gasteiger partial charge in [-0.2, -0.15) is 0 Å². The van der Waals surface area contributed by atoms with E-state index < -0.39 is 30.1 Å². The van der Waals surface area contributed by atoms with E-state index in [0.717, 1.165) is 28.7 Å². The van der Waals surface area contributed by atoms with Crippen molar-refractivity contribution >= 4 is 18.0 Å². The standard InChI is InChI=1S/C26H33N3O5/c1-4-9-17(14-24(30)31)27-25(32)23(15-29(2)3)28-26(33)34-16-22-20-12-7-5-10-18(20)19-11-6-8-13-21(19)22/h5-8,10-13,17,22-23H,4,9,14-16H2,1-3H3,(H,27,32)(H,28,33)(H,30,31). The van der Waals surface area contributed by atoms with Crippen LogP contribution < -0.4 is 10.6 Å². The number of carboxylic acids is 1. The highest BCUT2D eigenvalue weighted by molar-refractivity contribution is 5.86. The van der Waals surface area contributed by atoms with E-state index in [9.17, 15) is 14.4 Å². The van der Waals surface area contributed by atoms with Gasteiger partial charge in [0.25, 0.3) is 0 Å². The number of fused-ring (bicyclic) bond motifs is 3. The van der Waals surface area contributed by atoms with Gasteiger partial charge < -0.3 is 25.4 Å². The van der Waals surface area contributed by atoms with Gasteiger partial charge in [-0.1, -0.05) is 61.9 Å². The number of amides is 2. The average Bonchev–Trinajstić information content (AvgIpc) is 3.10.